The number of aliphatic hydroxyl groups is 1. The molecule has 88 valence electrons. The fraction of sp³-hybridized carbons (Fsp3) is 0.700. The van der Waals surface area contributed by atoms with Crippen molar-refractivity contribution in [1.82, 2.24) is 20.3 Å². The molecular weight excluding hydrogens is 208 g/mol. The van der Waals surface area contributed by atoms with E-state index in [1.807, 2.05) is 0 Å². The average molecular weight is 224 g/mol. The summed E-state index contributed by atoms with van der Waals surface area (Å²) in [5.74, 6) is 0.349. The summed E-state index contributed by atoms with van der Waals surface area (Å²) in [6, 6.07) is 0. The number of nitrogens with one attached hydrogen (secondary N) is 1. The molecule has 1 fully saturated rings. The van der Waals surface area contributed by atoms with Gasteiger partial charge in [0.15, 0.2) is 0 Å². The van der Waals surface area contributed by atoms with Crippen LogP contribution in [0.15, 0.2) is 12.4 Å². The van der Waals surface area contributed by atoms with Gasteiger partial charge in [-0.3, -0.25) is 4.79 Å². The predicted octanol–water partition coefficient (Wildman–Crippen LogP) is -0.445. The molecule has 1 aliphatic rings. The van der Waals surface area contributed by atoms with E-state index in [0.717, 1.165) is 19.3 Å². The lowest BCUT2D eigenvalue weighted by atomic mass is 10.1. The topological polar surface area (TPSA) is 80.0 Å². The van der Waals surface area contributed by atoms with Gasteiger partial charge in [-0.15, -0.1) is 5.10 Å². The van der Waals surface area contributed by atoms with Crippen LogP contribution in [0.4, 0.5) is 0 Å². The number of nitrogens with zero attached hydrogens (tertiary/aromatic N) is 3. The van der Waals surface area contributed by atoms with Gasteiger partial charge >= 0.3 is 0 Å². The van der Waals surface area contributed by atoms with Crippen molar-refractivity contribution in [3.8, 4) is 0 Å². The third-order valence-corrected chi connectivity index (χ3v) is 2.88. The molecule has 6 heteroatoms. The Morgan fingerprint density at radius 3 is 3.06 bits per heavy atom. The SMILES string of the molecule is O=C(Cn1ccnn1)NCC1CCC(O)C1. The minimum atomic E-state index is -0.183. The summed E-state index contributed by atoms with van der Waals surface area (Å²) in [4.78, 5) is 11.5. The van der Waals surface area contributed by atoms with Crippen molar-refractivity contribution < 1.29 is 9.90 Å². The predicted molar refractivity (Wildman–Crippen MR) is 56.4 cm³/mol. The Hall–Kier alpha value is -1.43. The Morgan fingerprint density at radius 1 is 1.56 bits per heavy atom. The zero-order chi connectivity index (χ0) is 11.4. The largest absolute Gasteiger partial charge is 0.393 e. The number of hydrogen-bond donors (Lipinski definition) is 2. The first-order valence-electron chi connectivity index (χ1n) is 5.53. The van der Waals surface area contributed by atoms with Crippen molar-refractivity contribution >= 4 is 5.91 Å². The van der Waals surface area contributed by atoms with Crippen LogP contribution in [0.25, 0.3) is 0 Å². The summed E-state index contributed by atoms with van der Waals surface area (Å²) in [6.07, 6.45) is 5.65. The lowest BCUT2D eigenvalue weighted by molar-refractivity contribution is -0.122. The monoisotopic (exact) mass is 224 g/mol. The molecule has 1 saturated carbocycles. The van der Waals surface area contributed by atoms with E-state index >= 15 is 0 Å². The summed E-state index contributed by atoms with van der Waals surface area (Å²) in [7, 11) is 0. The van der Waals surface area contributed by atoms with Gasteiger partial charge < -0.3 is 10.4 Å². The van der Waals surface area contributed by atoms with Crippen LogP contribution in [0.5, 0.6) is 0 Å². The van der Waals surface area contributed by atoms with Crippen molar-refractivity contribution in [1.29, 1.82) is 0 Å². The van der Waals surface area contributed by atoms with Gasteiger partial charge in [0.2, 0.25) is 5.91 Å². The second-order valence-corrected chi connectivity index (χ2v) is 4.24. The molecule has 0 bridgehead atoms. The maximum absolute atomic E-state index is 11.5. The average Bonchev–Trinajstić information content (AvgIpc) is 2.87. The fourth-order valence-electron chi connectivity index (χ4n) is 2.01. The van der Waals surface area contributed by atoms with Crippen LogP contribution in [0, 0.1) is 5.92 Å². The zero-order valence-corrected chi connectivity index (χ0v) is 9.04. The Balaban J connectivity index is 1.68. The van der Waals surface area contributed by atoms with Crippen molar-refractivity contribution in [2.24, 2.45) is 5.92 Å². The Bertz CT molecular complexity index is 339. The number of amides is 1. The fourth-order valence-corrected chi connectivity index (χ4v) is 2.01. The van der Waals surface area contributed by atoms with E-state index in [0.29, 0.717) is 12.5 Å². The van der Waals surface area contributed by atoms with Gasteiger partial charge in [-0.1, -0.05) is 5.21 Å². The molecule has 6 nitrogen and oxygen atoms in total. The zero-order valence-electron chi connectivity index (χ0n) is 9.04. The molecule has 1 amide bonds. The number of aliphatic hydroxyl groups excluding tert-OH is 1. The van der Waals surface area contributed by atoms with Crippen LogP contribution in [-0.2, 0) is 11.3 Å². The first-order valence-corrected chi connectivity index (χ1v) is 5.53. The molecule has 1 aliphatic carbocycles. The van der Waals surface area contributed by atoms with E-state index in [4.69, 9.17) is 0 Å². The Kier molecular flexibility index (Phi) is 3.51. The summed E-state index contributed by atoms with van der Waals surface area (Å²) in [6.45, 7) is 0.847. The minimum absolute atomic E-state index is 0.0631. The van der Waals surface area contributed by atoms with Gasteiger partial charge in [0.1, 0.15) is 6.54 Å². The summed E-state index contributed by atoms with van der Waals surface area (Å²) >= 11 is 0. The van der Waals surface area contributed by atoms with E-state index in [1.165, 1.54) is 4.68 Å². The van der Waals surface area contributed by atoms with E-state index < -0.39 is 0 Å². The third kappa shape index (κ3) is 3.03. The number of aromatic nitrogens is 3. The number of hydrogen-bond acceptors (Lipinski definition) is 4. The van der Waals surface area contributed by atoms with Gasteiger partial charge in [-0.2, -0.15) is 0 Å². The minimum Gasteiger partial charge on any atom is -0.393 e. The van der Waals surface area contributed by atoms with Crippen LogP contribution in [0.2, 0.25) is 0 Å². The first kappa shape index (κ1) is 11.1. The standard InChI is InChI=1S/C10H16N4O2/c15-9-2-1-8(5-9)6-11-10(16)7-14-4-3-12-13-14/h3-4,8-9,15H,1-2,5-7H2,(H,11,16). The smallest absolute Gasteiger partial charge is 0.241 e. The molecule has 0 saturated heterocycles. The number of rotatable bonds is 4. The van der Waals surface area contributed by atoms with Gasteiger partial charge in [-0.05, 0) is 25.2 Å². The molecule has 0 aliphatic heterocycles. The van der Waals surface area contributed by atoms with E-state index in [2.05, 4.69) is 15.6 Å². The van der Waals surface area contributed by atoms with Crippen molar-refractivity contribution in [2.45, 2.75) is 31.9 Å². The highest BCUT2D eigenvalue weighted by Gasteiger charge is 2.22. The Morgan fingerprint density at radius 2 is 2.44 bits per heavy atom. The molecule has 0 radical (unpaired) electrons. The molecule has 1 aromatic heterocycles. The van der Waals surface area contributed by atoms with Crippen LogP contribution in [0.1, 0.15) is 19.3 Å². The van der Waals surface area contributed by atoms with Crippen LogP contribution < -0.4 is 5.32 Å². The van der Waals surface area contributed by atoms with Gasteiger partial charge in [0.05, 0.1) is 12.3 Å². The Labute approximate surface area is 93.6 Å². The molecule has 0 spiro atoms. The summed E-state index contributed by atoms with van der Waals surface area (Å²) < 4.78 is 1.48. The van der Waals surface area contributed by atoms with Crippen molar-refractivity contribution in [3.05, 3.63) is 12.4 Å². The molecule has 0 aromatic carbocycles. The van der Waals surface area contributed by atoms with Gasteiger partial charge in [0, 0.05) is 12.7 Å². The lowest BCUT2D eigenvalue weighted by Crippen LogP contribution is -2.31. The highest BCUT2D eigenvalue weighted by atomic mass is 16.3. The third-order valence-electron chi connectivity index (χ3n) is 2.88. The van der Waals surface area contributed by atoms with E-state index in [9.17, 15) is 9.90 Å². The van der Waals surface area contributed by atoms with Gasteiger partial charge in [-0.25, -0.2) is 4.68 Å². The van der Waals surface area contributed by atoms with Crippen molar-refractivity contribution in [3.63, 3.8) is 0 Å². The molecule has 16 heavy (non-hydrogen) atoms. The van der Waals surface area contributed by atoms with E-state index in [-0.39, 0.29) is 18.6 Å². The number of carbonyl (C=O) groups excluding carboxylic acids is 1. The quantitative estimate of drug-likeness (QED) is 0.726. The molecule has 1 aromatic rings. The maximum atomic E-state index is 11.5. The first-order chi connectivity index (χ1) is 7.74. The molecule has 1 heterocycles. The second kappa shape index (κ2) is 5.07. The summed E-state index contributed by atoms with van der Waals surface area (Å²) in [5.41, 5.74) is 0. The highest BCUT2D eigenvalue weighted by molar-refractivity contribution is 5.75. The lowest BCUT2D eigenvalue weighted by Gasteiger charge is -2.10. The van der Waals surface area contributed by atoms with Crippen LogP contribution in [0.3, 0.4) is 0 Å². The summed E-state index contributed by atoms with van der Waals surface area (Å²) in [5, 5.41) is 19.5. The molecule has 2 unspecified atom stereocenters. The normalized spacial score (nSPS) is 24.6. The highest BCUT2D eigenvalue weighted by Crippen LogP contribution is 2.24. The molecular formula is C10H16N4O2. The van der Waals surface area contributed by atoms with Gasteiger partial charge in [0.25, 0.3) is 0 Å². The van der Waals surface area contributed by atoms with Crippen molar-refractivity contribution in [2.75, 3.05) is 6.54 Å². The maximum Gasteiger partial charge on any atom is 0.241 e. The van der Waals surface area contributed by atoms with Crippen LogP contribution >= 0.6 is 0 Å². The van der Waals surface area contributed by atoms with Crippen LogP contribution in [-0.4, -0.2) is 38.7 Å². The molecule has 2 atom stereocenters. The second-order valence-electron chi connectivity index (χ2n) is 4.24. The molecule has 2 N–H and O–H groups in total. The number of carbonyl (C=O) groups is 1. The van der Waals surface area contributed by atoms with E-state index in [1.54, 1.807) is 12.4 Å². The molecule has 2 rings (SSSR count).